The van der Waals surface area contributed by atoms with E-state index in [0.717, 1.165) is 11.1 Å². The van der Waals surface area contributed by atoms with Gasteiger partial charge in [-0.05, 0) is 73.0 Å². The molecule has 7 nitrogen and oxygen atoms in total. The molecule has 3 aromatic rings. The van der Waals surface area contributed by atoms with Crippen LogP contribution in [-0.4, -0.2) is 50.3 Å². The normalized spacial score (nSPS) is 16.9. The number of esters is 1. The molecule has 1 saturated heterocycles. The lowest BCUT2D eigenvalue weighted by molar-refractivity contribution is -0.156. The van der Waals surface area contributed by atoms with Crippen LogP contribution in [-0.2, 0) is 9.53 Å². The summed E-state index contributed by atoms with van der Waals surface area (Å²) in [4.78, 5) is 27.4. The monoisotopic (exact) mass is 492 g/mol. The first-order valence-corrected chi connectivity index (χ1v) is 11.8. The number of benzene rings is 3. The van der Waals surface area contributed by atoms with E-state index in [4.69, 9.17) is 14.2 Å². The summed E-state index contributed by atoms with van der Waals surface area (Å²) in [6.45, 7) is 2.65. The summed E-state index contributed by atoms with van der Waals surface area (Å²) in [5.41, 5.74) is 1.47. The minimum absolute atomic E-state index is 0.0774. The average Bonchev–Trinajstić information content (AvgIpc) is 3.35. The summed E-state index contributed by atoms with van der Waals surface area (Å²) in [5, 5.41) is 2.86. The zero-order valence-corrected chi connectivity index (χ0v) is 20.3. The maximum Gasteiger partial charge on any atom is 0.321 e. The standard InChI is InChI=1S/C28H29FN2O5/c1-3-35-26(32)28(16-17-31(18-28)27(33)30-23-10-14-24(34-2)15-11-23)19-36-25-12-6-21(7-13-25)20-4-8-22(29)9-5-20/h4-15H,3,16-19H2,1-2H3,(H,30,33). The van der Waals surface area contributed by atoms with Crippen LogP contribution in [0.15, 0.2) is 72.8 Å². The highest BCUT2D eigenvalue weighted by atomic mass is 19.1. The minimum Gasteiger partial charge on any atom is -0.497 e. The van der Waals surface area contributed by atoms with Crippen molar-refractivity contribution in [2.24, 2.45) is 5.41 Å². The summed E-state index contributed by atoms with van der Waals surface area (Å²) in [7, 11) is 1.58. The largest absolute Gasteiger partial charge is 0.497 e. The van der Waals surface area contributed by atoms with Crippen molar-refractivity contribution in [3.05, 3.63) is 78.6 Å². The molecule has 1 aliphatic heterocycles. The number of carbonyl (C=O) groups is 2. The van der Waals surface area contributed by atoms with Gasteiger partial charge in [-0.25, -0.2) is 9.18 Å². The van der Waals surface area contributed by atoms with E-state index in [1.54, 1.807) is 67.5 Å². The van der Waals surface area contributed by atoms with Gasteiger partial charge in [0.25, 0.3) is 0 Å². The van der Waals surface area contributed by atoms with Gasteiger partial charge in [0, 0.05) is 18.8 Å². The molecule has 1 aliphatic rings. The second-order valence-electron chi connectivity index (χ2n) is 8.65. The van der Waals surface area contributed by atoms with Crippen molar-refractivity contribution in [1.29, 1.82) is 0 Å². The molecule has 1 unspecified atom stereocenters. The molecule has 2 amide bonds. The third-order valence-corrected chi connectivity index (χ3v) is 6.24. The summed E-state index contributed by atoms with van der Waals surface area (Å²) < 4.78 is 29.7. The predicted octanol–water partition coefficient (Wildman–Crippen LogP) is 5.37. The first-order valence-electron chi connectivity index (χ1n) is 11.8. The molecule has 0 radical (unpaired) electrons. The molecule has 0 aromatic heterocycles. The number of nitrogens with one attached hydrogen (secondary N) is 1. The van der Waals surface area contributed by atoms with Gasteiger partial charge in [0.05, 0.1) is 13.7 Å². The van der Waals surface area contributed by atoms with E-state index >= 15 is 0 Å². The Hall–Kier alpha value is -4.07. The molecule has 0 saturated carbocycles. The molecule has 0 aliphatic carbocycles. The summed E-state index contributed by atoms with van der Waals surface area (Å²) in [5.74, 6) is 0.614. The van der Waals surface area contributed by atoms with E-state index in [2.05, 4.69) is 5.32 Å². The quantitative estimate of drug-likeness (QED) is 0.428. The summed E-state index contributed by atoms with van der Waals surface area (Å²) in [6.07, 6.45) is 0.426. The summed E-state index contributed by atoms with van der Waals surface area (Å²) in [6, 6.07) is 20.4. The topological polar surface area (TPSA) is 77.1 Å². The molecule has 1 heterocycles. The number of nitrogens with zero attached hydrogens (tertiary/aromatic N) is 1. The van der Waals surface area contributed by atoms with Gasteiger partial charge in [0.1, 0.15) is 29.3 Å². The number of likely N-dealkylation sites (tertiary alicyclic amines) is 1. The Morgan fingerprint density at radius 3 is 2.17 bits per heavy atom. The molecule has 4 rings (SSSR count). The number of urea groups is 1. The number of hydrogen-bond acceptors (Lipinski definition) is 5. The van der Waals surface area contributed by atoms with Gasteiger partial charge in [0.15, 0.2) is 0 Å². The lowest BCUT2D eigenvalue weighted by Gasteiger charge is -2.27. The highest BCUT2D eigenvalue weighted by molar-refractivity contribution is 5.90. The van der Waals surface area contributed by atoms with Gasteiger partial charge in [0.2, 0.25) is 0 Å². The van der Waals surface area contributed by atoms with Gasteiger partial charge in [-0.3, -0.25) is 4.79 Å². The highest BCUT2D eigenvalue weighted by Crippen LogP contribution is 2.34. The molecule has 0 bridgehead atoms. The van der Waals surface area contributed by atoms with Crippen LogP contribution in [0.2, 0.25) is 0 Å². The Morgan fingerprint density at radius 1 is 0.944 bits per heavy atom. The third-order valence-electron chi connectivity index (χ3n) is 6.24. The molecule has 36 heavy (non-hydrogen) atoms. The molecule has 1 atom stereocenters. The first-order chi connectivity index (χ1) is 17.4. The molecule has 3 aromatic carbocycles. The van der Waals surface area contributed by atoms with Gasteiger partial charge in [-0.1, -0.05) is 24.3 Å². The van der Waals surface area contributed by atoms with E-state index < -0.39 is 5.41 Å². The van der Waals surface area contributed by atoms with Gasteiger partial charge in [-0.15, -0.1) is 0 Å². The Labute approximate surface area is 209 Å². The van der Waals surface area contributed by atoms with Gasteiger partial charge < -0.3 is 24.4 Å². The number of amides is 2. The van der Waals surface area contributed by atoms with E-state index in [-0.39, 0.29) is 37.6 Å². The van der Waals surface area contributed by atoms with Crippen molar-refractivity contribution in [1.82, 2.24) is 4.90 Å². The minimum atomic E-state index is -0.969. The number of anilines is 1. The van der Waals surface area contributed by atoms with Gasteiger partial charge >= 0.3 is 12.0 Å². The lowest BCUT2D eigenvalue weighted by atomic mass is 9.88. The highest BCUT2D eigenvalue weighted by Gasteiger charge is 2.48. The van der Waals surface area contributed by atoms with Crippen LogP contribution in [0.25, 0.3) is 11.1 Å². The summed E-state index contributed by atoms with van der Waals surface area (Å²) >= 11 is 0. The average molecular weight is 493 g/mol. The SMILES string of the molecule is CCOC(=O)C1(COc2ccc(-c3ccc(F)cc3)cc2)CCN(C(=O)Nc2ccc(OC)cc2)C1. The zero-order chi connectivity index (χ0) is 25.5. The van der Waals surface area contributed by atoms with E-state index in [9.17, 15) is 14.0 Å². The number of carbonyl (C=O) groups excluding carboxylic acids is 2. The Bertz CT molecular complexity index is 1180. The fourth-order valence-electron chi connectivity index (χ4n) is 4.16. The molecular formula is C28H29FN2O5. The van der Waals surface area contributed by atoms with Crippen molar-refractivity contribution in [3.8, 4) is 22.6 Å². The molecule has 0 spiro atoms. The molecule has 1 fully saturated rings. The van der Waals surface area contributed by atoms with E-state index in [0.29, 0.717) is 30.2 Å². The molecule has 8 heteroatoms. The third kappa shape index (κ3) is 5.76. The van der Waals surface area contributed by atoms with Crippen molar-refractivity contribution >= 4 is 17.7 Å². The van der Waals surface area contributed by atoms with E-state index in [1.807, 2.05) is 12.1 Å². The van der Waals surface area contributed by atoms with Crippen LogP contribution in [0, 0.1) is 11.2 Å². The van der Waals surface area contributed by atoms with Crippen LogP contribution in [0.3, 0.4) is 0 Å². The van der Waals surface area contributed by atoms with Crippen molar-refractivity contribution < 1.29 is 28.2 Å². The number of methoxy groups -OCH3 is 1. The van der Waals surface area contributed by atoms with Gasteiger partial charge in [-0.2, -0.15) is 0 Å². The van der Waals surface area contributed by atoms with Crippen LogP contribution >= 0.6 is 0 Å². The number of hydrogen-bond donors (Lipinski definition) is 1. The van der Waals surface area contributed by atoms with Crippen LogP contribution in [0.5, 0.6) is 11.5 Å². The fourth-order valence-corrected chi connectivity index (χ4v) is 4.16. The lowest BCUT2D eigenvalue weighted by Crippen LogP contribution is -2.43. The first kappa shape index (κ1) is 25.0. The second kappa shape index (κ2) is 11.1. The number of ether oxygens (including phenoxy) is 3. The Morgan fingerprint density at radius 2 is 1.56 bits per heavy atom. The Kier molecular flexibility index (Phi) is 7.73. The van der Waals surface area contributed by atoms with Crippen molar-refractivity contribution in [2.75, 3.05) is 38.7 Å². The van der Waals surface area contributed by atoms with Crippen molar-refractivity contribution in [3.63, 3.8) is 0 Å². The fraction of sp³-hybridized carbons (Fsp3) is 0.286. The molecule has 188 valence electrons. The Balaban J connectivity index is 1.41. The smallest absolute Gasteiger partial charge is 0.321 e. The molecular weight excluding hydrogens is 463 g/mol. The van der Waals surface area contributed by atoms with Crippen LogP contribution in [0.4, 0.5) is 14.9 Å². The maximum absolute atomic E-state index is 13.2. The van der Waals surface area contributed by atoms with Crippen molar-refractivity contribution in [2.45, 2.75) is 13.3 Å². The maximum atomic E-state index is 13.2. The predicted molar refractivity (Wildman–Crippen MR) is 135 cm³/mol. The number of rotatable bonds is 8. The second-order valence-corrected chi connectivity index (χ2v) is 8.65. The zero-order valence-electron chi connectivity index (χ0n) is 20.3. The number of halogens is 1. The van der Waals surface area contributed by atoms with Crippen LogP contribution in [0.1, 0.15) is 13.3 Å². The van der Waals surface area contributed by atoms with Crippen LogP contribution < -0.4 is 14.8 Å². The van der Waals surface area contributed by atoms with E-state index in [1.165, 1.54) is 12.1 Å². The molecule has 1 N–H and O–H groups in total.